The van der Waals surface area contributed by atoms with E-state index in [1.807, 2.05) is 0 Å². The van der Waals surface area contributed by atoms with Crippen LogP contribution in [0.15, 0.2) is 0 Å². The first-order chi connectivity index (χ1) is 8.24. The monoisotopic (exact) mass is 257 g/mol. The van der Waals surface area contributed by atoms with Crippen LogP contribution in [0, 0.1) is 0 Å². The van der Waals surface area contributed by atoms with Crippen LogP contribution in [-0.2, 0) is 4.74 Å². The second-order valence-electron chi connectivity index (χ2n) is 5.71. The van der Waals surface area contributed by atoms with Crippen molar-refractivity contribution < 1.29 is 4.74 Å². The molecule has 1 saturated carbocycles. The fourth-order valence-corrected chi connectivity index (χ4v) is 4.49. The van der Waals surface area contributed by atoms with E-state index in [9.17, 15) is 0 Å². The standard InChI is InChI=1S/C14H27NOS/c1-2-12(15)11-17-13-6-9-16-14(10-13)7-4-3-5-8-14/h12-13H,2-11,15H2,1H3. The normalized spacial score (nSPS) is 30.4. The molecule has 2 aliphatic rings. The highest BCUT2D eigenvalue weighted by Crippen LogP contribution is 2.41. The molecule has 1 aliphatic carbocycles. The Hall–Kier alpha value is 0.270. The number of rotatable bonds is 4. The van der Waals surface area contributed by atoms with E-state index < -0.39 is 0 Å². The van der Waals surface area contributed by atoms with Crippen LogP contribution in [-0.4, -0.2) is 29.3 Å². The molecule has 2 rings (SSSR count). The summed E-state index contributed by atoms with van der Waals surface area (Å²) in [5, 5.41) is 0.791. The summed E-state index contributed by atoms with van der Waals surface area (Å²) in [5.74, 6) is 1.12. The topological polar surface area (TPSA) is 35.2 Å². The Bertz CT molecular complexity index is 223. The van der Waals surface area contributed by atoms with Gasteiger partial charge in [0.15, 0.2) is 0 Å². The van der Waals surface area contributed by atoms with Gasteiger partial charge in [-0.3, -0.25) is 0 Å². The molecule has 3 heteroatoms. The fourth-order valence-electron chi connectivity index (χ4n) is 3.05. The van der Waals surface area contributed by atoms with E-state index in [-0.39, 0.29) is 5.60 Å². The summed E-state index contributed by atoms with van der Waals surface area (Å²) in [6.07, 6.45) is 10.3. The van der Waals surface area contributed by atoms with Crippen molar-refractivity contribution >= 4 is 11.8 Å². The summed E-state index contributed by atoms with van der Waals surface area (Å²) in [5.41, 5.74) is 6.26. The van der Waals surface area contributed by atoms with Crippen molar-refractivity contribution in [2.45, 2.75) is 75.2 Å². The Balaban J connectivity index is 1.79. The van der Waals surface area contributed by atoms with Crippen molar-refractivity contribution in [2.75, 3.05) is 12.4 Å². The van der Waals surface area contributed by atoms with Gasteiger partial charge in [0.05, 0.1) is 5.60 Å². The van der Waals surface area contributed by atoms with Gasteiger partial charge >= 0.3 is 0 Å². The van der Waals surface area contributed by atoms with Gasteiger partial charge in [-0.1, -0.05) is 26.2 Å². The molecule has 1 saturated heterocycles. The molecule has 100 valence electrons. The maximum atomic E-state index is 6.13. The zero-order chi connectivity index (χ0) is 12.1. The molecule has 0 aromatic rings. The summed E-state index contributed by atoms with van der Waals surface area (Å²) in [6, 6.07) is 0.380. The molecule has 2 nitrogen and oxygen atoms in total. The summed E-state index contributed by atoms with van der Waals surface area (Å²) in [4.78, 5) is 0. The van der Waals surface area contributed by atoms with Gasteiger partial charge < -0.3 is 10.5 Å². The second-order valence-corrected chi connectivity index (χ2v) is 7.04. The van der Waals surface area contributed by atoms with Gasteiger partial charge in [-0.05, 0) is 32.1 Å². The fraction of sp³-hybridized carbons (Fsp3) is 1.00. The zero-order valence-electron chi connectivity index (χ0n) is 11.1. The Morgan fingerprint density at radius 3 is 2.82 bits per heavy atom. The van der Waals surface area contributed by atoms with Crippen molar-refractivity contribution in [3.63, 3.8) is 0 Å². The van der Waals surface area contributed by atoms with Gasteiger partial charge in [0.1, 0.15) is 0 Å². The average molecular weight is 257 g/mol. The minimum Gasteiger partial charge on any atom is -0.375 e. The summed E-state index contributed by atoms with van der Waals surface area (Å²) >= 11 is 2.09. The SMILES string of the molecule is CCC(N)CSC1CCOC2(CCCCC2)C1. The third-order valence-electron chi connectivity index (χ3n) is 4.28. The maximum Gasteiger partial charge on any atom is 0.0693 e. The van der Waals surface area contributed by atoms with Gasteiger partial charge in [-0.2, -0.15) is 11.8 Å². The van der Waals surface area contributed by atoms with Crippen LogP contribution < -0.4 is 5.73 Å². The van der Waals surface area contributed by atoms with E-state index in [4.69, 9.17) is 10.5 Å². The average Bonchev–Trinajstić information content (AvgIpc) is 2.37. The van der Waals surface area contributed by atoms with Gasteiger partial charge in [-0.15, -0.1) is 0 Å². The first-order valence-electron chi connectivity index (χ1n) is 7.25. The quantitative estimate of drug-likeness (QED) is 0.839. The van der Waals surface area contributed by atoms with Gasteiger partial charge in [0, 0.05) is 23.7 Å². The number of hydrogen-bond donors (Lipinski definition) is 1. The molecule has 2 unspecified atom stereocenters. The number of ether oxygens (including phenoxy) is 1. The van der Waals surface area contributed by atoms with E-state index in [0.29, 0.717) is 6.04 Å². The summed E-state index contributed by atoms with van der Waals surface area (Å²) in [6.45, 7) is 3.15. The van der Waals surface area contributed by atoms with Gasteiger partial charge in [0.25, 0.3) is 0 Å². The Morgan fingerprint density at radius 2 is 2.12 bits per heavy atom. The first kappa shape index (κ1) is 13.7. The molecular formula is C14H27NOS. The molecule has 0 aromatic heterocycles. The molecule has 1 aliphatic heterocycles. The third kappa shape index (κ3) is 3.87. The van der Waals surface area contributed by atoms with Crippen molar-refractivity contribution in [1.29, 1.82) is 0 Å². The van der Waals surface area contributed by atoms with Crippen molar-refractivity contribution in [3.05, 3.63) is 0 Å². The molecule has 2 fully saturated rings. The lowest BCUT2D eigenvalue weighted by atomic mass is 9.80. The molecule has 0 radical (unpaired) electrons. The smallest absolute Gasteiger partial charge is 0.0693 e. The van der Waals surface area contributed by atoms with Crippen molar-refractivity contribution in [2.24, 2.45) is 5.73 Å². The number of thioether (sulfide) groups is 1. The highest BCUT2D eigenvalue weighted by atomic mass is 32.2. The Labute approximate surface area is 110 Å². The van der Waals surface area contributed by atoms with Gasteiger partial charge in [0.2, 0.25) is 0 Å². The van der Waals surface area contributed by atoms with Crippen LogP contribution in [0.5, 0.6) is 0 Å². The van der Waals surface area contributed by atoms with E-state index in [2.05, 4.69) is 18.7 Å². The molecule has 0 amide bonds. The maximum absolute atomic E-state index is 6.13. The minimum absolute atomic E-state index is 0.254. The predicted octanol–water partition coefficient (Wildman–Crippen LogP) is 3.34. The Morgan fingerprint density at radius 1 is 1.35 bits per heavy atom. The Kier molecular flexibility index (Phi) is 5.19. The van der Waals surface area contributed by atoms with E-state index in [0.717, 1.165) is 24.0 Å². The van der Waals surface area contributed by atoms with E-state index >= 15 is 0 Å². The molecule has 1 spiro atoms. The van der Waals surface area contributed by atoms with Crippen LogP contribution in [0.25, 0.3) is 0 Å². The molecule has 1 heterocycles. The molecule has 2 N–H and O–H groups in total. The molecule has 0 aromatic carbocycles. The molecular weight excluding hydrogens is 230 g/mol. The highest BCUT2D eigenvalue weighted by Gasteiger charge is 2.38. The summed E-state index contributed by atoms with van der Waals surface area (Å²) in [7, 11) is 0. The predicted molar refractivity (Wildman–Crippen MR) is 75.5 cm³/mol. The highest BCUT2D eigenvalue weighted by molar-refractivity contribution is 7.99. The first-order valence-corrected chi connectivity index (χ1v) is 8.30. The zero-order valence-corrected chi connectivity index (χ0v) is 11.9. The van der Waals surface area contributed by atoms with Crippen LogP contribution >= 0.6 is 11.8 Å². The lowest BCUT2D eigenvalue weighted by molar-refractivity contribution is -0.0971. The molecule has 17 heavy (non-hydrogen) atoms. The van der Waals surface area contributed by atoms with Crippen LogP contribution in [0.4, 0.5) is 0 Å². The van der Waals surface area contributed by atoms with Crippen molar-refractivity contribution in [3.8, 4) is 0 Å². The number of nitrogens with two attached hydrogens (primary N) is 1. The molecule has 0 bridgehead atoms. The number of hydrogen-bond acceptors (Lipinski definition) is 3. The van der Waals surface area contributed by atoms with E-state index in [1.165, 1.54) is 44.9 Å². The minimum atomic E-state index is 0.254. The van der Waals surface area contributed by atoms with Crippen LogP contribution in [0.1, 0.15) is 58.3 Å². The largest absolute Gasteiger partial charge is 0.375 e. The van der Waals surface area contributed by atoms with E-state index in [1.54, 1.807) is 0 Å². The second kappa shape index (κ2) is 6.44. The third-order valence-corrected chi connectivity index (χ3v) is 5.78. The molecule has 2 atom stereocenters. The summed E-state index contributed by atoms with van der Waals surface area (Å²) < 4.78 is 6.13. The lowest BCUT2D eigenvalue weighted by Gasteiger charge is -2.43. The van der Waals surface area contributed by atoms with Crippen molar-refractivity contribution in [1.82, 2.24) is 0 Å². The van der Waals surface area contributed by atoms with Crippen LogP contribution in [0.2, 0.25) is 0 Å². The van der Waals surface area contributed by atoms with Gasteiger partial charge in [-0.25, -0.2) is 0 Å². The van der Waals surface area contributed by atoms with Crippen LogP contribution in [0.3, 0.4) is 0 Å². The lowest BCUT2D eigenvalue weighted by Crippen LogP contribution is -2.42.